The van der Waals surface area contributed by atoms with Crippen molar-refractivity contribution in [2.75, 3.05) is 5.32 Å². The van der Waals surface area contributed by atoms with E-state index < -0.39 is 18.0 Å². The SMILES string of the molecule is CC(C)c1ccccc1NC(=O)[C@H](C)OC(=O)c1ccccc1C(=O)c1cccs1. The number of para-hydroxylation sites is 1. The van der Waals surface area contributed by atoms with E-state index in [1.807, 2.05) is 38.1 Å². The van der Waals surface area contributed by atoms with Gasteiger partial charge in [-0.1, -0.05) is 56.3 Å². The predicted octanol–water partition coefficient (Wildman–Crippen LogP) is 5.29. The first-order chi connectivity index (χ1) is 14.4. The normalized spacial score (nSPS) is 11.7. The second-order valence-electron chi connectivity index (χ2n) is 7.13. The van der Waals surface area contributed by atoms with Crippen LogP contribution in [0.5, 0.6) is 0 Å². The summed E-state index contributed by atoms with van der Waals surface area (Å²) < 4.78 is 5.38. The third kappa shape index (κ3) is 4.83. The summed E-state index contributed by atoms with van der Waals surface area (Å²) in [5.41, 5.74) is 2.07. The number of ketones is 1. The Morgan fingerprint density at radius 3 is 2.20 bits per heavy atom. The molecule has 0 saturated heterocycles. The molecule has 3 aromatic rings. The molecule has 1 aromatic heterocycles. The van der Waals surface area contributed by atoms with Gasteiger partial charge in [-0.25, -0.2) is 4.79 Å². The molecule has 0 radical (unpaired) electrons. The van der Waals surface area contributed by atoms with Crippen LogP contribution in [0.4, 0.5) is 5.69 Å². The summed E-state index contributed by atoms with van der Waals surface area (Å²) in [5.74, 6) is -1.16. The quantitative estimate of drug-likeness (QED) is 0.416. The van der Waals surface area contributed by atoms with E-state index >= 15 is 0 Å². The Morgan fingerprint density at radius 2 is 1.53 bits per heavy atom. The summed E-state index contributed by atoms with van der Waals surface area (Å²) in [7, 11) is 0. The van der Waals surface area contributed by atoms with Crippen molar-refractivity contribution in [1.82, 2.24) is 0 Å². The van der Waals surface area contributed by atoms with Crippen molar-refractivity contribution >= 4 is 34.7 Å². The van der Waals surface area contributed by atoms with E-state index in [-0.39, 0.29) is 22.8 Å². The van der Waals surface area contributed by atoms with Crippen LogP contribution >= 0.6 is 11.3 Å². The Labute approximate surface area is 179 Å². The lowest BCUT2D eigenvalue weighted by Gasteiger charge is -2.17. The summed E-state index contributed by atoms with van der Waals surface area (Å²) in [6.45, 7) is 5.58. The number of thiophene rings is 1. The van der Waals surface area contributed by atoms with Crippen molar-refractivity contribution in [2.24, 2.45) is 0 Å². The van der Waals surface area contributed by atoms with Crippen molar-refractivity contribution in [3.63, 3.8) is 0 Å². The highest BCUT2D eigenvalue weighted by molar-refractivity contribution is 7.12. The van der Waals surface area contributed by atoms with Crippen LogP contribution in [0.25, 0.3) is 0 Å². The van der Waals surface area contributed by atoms with E-state index in [1.54, 1.807) is 35.7 Å². The van der Waals surface area contributed by atoms with Crippen LogP contribution in [0.3, 0.4) is 0 Å². The zero-order valence-electron chi connectivity index (χ0n) is 17.0. The number of esters is 1. The maximum absolute atomic E-state index is 12.7. The molecule has 0 saturated carbocycles. The monoisotopic (exact) mass is 421 g/mol. The lowest BCUT2D eigenvalue weighted by molar-refractivity contribution is -0.123. The Balaban J connectivity index is 1.74. The fourth-order valence-corrected chi connectivity index (χ4v) is 3.70. The van der Waals surface area contributed by atoms with E-state index in [0.717, 1.165) is 5.56 Å². The summed E-state index contributed by atoms with van der Waals surface area (Å²) in [5, 5.41) is 4.63. The second kappa shape index (κ2) is 9.50. The summed E-state index contributed by atoms with van der Waals surface area (Å²) in [6.07, 6.45) is -1.03. The maximum Gasteiger partial charge on any atom is 0.339 e. The van der Waals surface area contributed by atoms with Gasteiger partial charge in [0.15, 0.2) is 6.10 Å². The molecule has 154 valence electrons. The predicted molar refractivity (Wildman–Crippen MR) is 118 cm³/mol. The number of carbonyl (C=O) groups is 3. The number of hydrogen-bond acceptors (Lipinski definition) is 5. The molecule has 1 N–H and O–H groups in total. The zero-order valence-corrected chi connectivity index (χ0v) is 17.9. The fourth-order valence-electron chi connectivity index (χ4n) is 3.03. The van der Waals surface area contributed by atoms with Crippen LogP contribution in [0, 0.1) is 0 Å². The Kier molecular flexibility index (Phi) is 6.79. The number of anilines is 1. The molecule has 0 fully saturated rings. The number of nitrogens with one attached hydrogen (secondary N) is 1. The molecule has 3 rings (SSSR count). The number of ether oxygens (including phenoxy) is 1. The van der Waals surface area contributed by atoms with Gasteiger partial charge in [-0.2, -0.15) is 0 Å². The second-order valence-corrected chi connectivity index (χ2v) is 8.08. The number of benzene rings is 2. The summed E-state index contributed by atoms with van der Waals surface area (Å²) in [4.78, 5) is 38.6. The van der Waals surface area contributed by atoms with Crippen molar-refractivity contribution in [3.05, 3.63) is 87.6 Å². The molecular formula is C24H23NO4S. The largest absolute Gasteiger partial charge is 0.449 e. The van der Waals surface area contributed by atoms with E-state index in [0.29, 0.717) is 10.6 Å². The van der Waals surface area contributed by atoms with Gasteiger partial charge in [0.2, 0.25) is 5.78 Å². The third-order valence-corrected chi connectivity index (χ3v) is 5.50. The molecule has 0 spiro atoms. The van der Waals surface area contributed by atoms with Gasteiger partial charge in [0, 0.05) is 11.3 Å². The first-order valence-electron chi connectivity index (χ1n) is 9.66. The van der Waals surface area contributed by atoms with Crippen molar-refractivity contribution in [1.29, 1.82) is 0 Å². The molecule has 0 aliphatic heterocycles. The highest BCUT2D eigenvalue weighted by Gasteiger charge is 2.24. The molecule has 0 unspecified atom stereocenters. The van der Waals surface area contributed by atoms with Gasteiger partial charge < -0.3 is 10.1 Å². The minimum Gasteiger partial charge on any atom is -0.449 e. The maximum atomic E-state index is 12.7. The fraction of sp³-hybridized carbons (Fsp3) is 0.208. The Bertz CT molecular complexity index is 1060. The number of rotatable bonds is 7. The van der Waals surface area contributed by atoms with Crippen LogP contribution in [-0.2, 0) is 9.53 Å². The van der Waals surface area contributed by atoms with E-state index in [2.05, 4.69) is 5.32 Å². The average molecular weight is 422 g/mol. The van der Waals surface area contributed by atoms with Crippen LogP contribution in [0.2, 0.25) is 0 Å². The van der Waals surface area contributed by atoms with Crippen molar-refractivity contribution in [2.45, 2.75) is 32.8 Å². The highest BCUT2D eigenvalue weighted by Crippen LogP contribution is 2.24. The van der Waals surface area contributed by atoms with Crippen LogP contribution < -0.4 is 5.32 Å². The minimum atomic E-state index is -1.03. The molecule has 6 heteroatoms. The molecule has 5 nitrogen and oxygen atoms in total. The van der Waals surface area contributed by atoms with Crippen molar-refractivity contribution in [3.8, 4) is 0 Å². The molecule has 1 amide bonds. The van der Waals surface area contributed by atoms with Crippen LogP contribution in [0.1, 0.15) is 57.8 Å². The first-order valence-corrected chi connectivity index (χ1v) is 10.5. The molecule has 30 heavy (non-hydrogen) atoms. The van der Waals surface area contributed by atoms with Gasteiger partial charge in [-0.15, -0.1) is 11.3 Å². The molecule has 0 bridgehead atoms. The van der Waals surface area contributed by atoms with E-state index in [1.165, 1.54) is 24.3 Å². The van der Waals surface area contributed by atoms with Crippen LogP contribution in [0.15, 0.2) is 66.0 Å². The molecule has 0 aliphatic carbocycles. The standard InChI is InChI=1S/C24H23NO4S/c1-15(2)17-9-6-7-12-20(17)25-23(27)16(3)29-24(28)19-11-5-4-10-18(19)22(26)21-13-8-14-30-21/h4-16H,1-3H3,(H,25,27)/t16-/m0/s1. The zero-order chi connectivity index (χ0) is 21.7. The molecule has 1 heterocycles. The molecule has 0 aliphatic rings. The lowest BCUT2D eigenvalue weighted by atomic mass is 10.0. The number of amides is 1. The smallest absolute Gasteiger partial charge is 0.339 e. The van der Waals surface area contributed by atoms with Crippen molar-refractivity contribution < 1.29 is 19.1 Å². The Hall–Kier alpha value is -3.25. The van der Waals surface area contributed by atoms with E-state index in [9.17, 15) is 14.4 Å². The highest BCUT2D eigenvalue weighted by atomic mass is 32.1. The number of hydrogen-bond donors (Lipinski definition) is 1. The summed E-state index contributed by atoms with van der Waals surface area (Å²) >= 11 is 1.30. The van der Waals surface area contributed by atoms with Crippen LogP contribution in [-0.4, -0.2) is 23.8 Å². The average Bonchev–Trinajstić information content (AvgIpc) is 3.28. The first kappa shape index (κ1) is 21.5. The summed E-state index contributed by atoms with van der Waals surface area (Å²) in [6, 6.07) is 17.5. The van der Waals surface area contributed by atoms with Gasteiger partial charge in [0.05, 0.1) is 10.4 Å². The minimum absolute atomic E-state index is 0.137. The Morgan fingerprint density at radius 1 is 0.867 bits per heavy atom. The van der Waals surface area contributed by atoms with Gasteiger partial charge in [0.25, 0.3) is 5.91 Å². The number of carbonyl (C=O) groups excluding carboxylic acids is 3. The van der Waals surface area contributed by atoms with Gasteiger partial charge in [-0.3, -0.25) is 9.59 Å². The van der Waals surface area contributed by atoms with E-state index in [4.69, 9.17) is 4.74 Å². The van der Waals surface area contributed by atoms with Gasteiger partial charge in [-0.05, 0) is 42.0 Å². The third-order valence-electron chi connectivity index (χ3n) is 4.63. The van der Waals surface area contributed by atoms with Gasteiger partial charge in [0.1, 0.15) is 0 Å². The molecule has 2 aromatic carbocycles. The molecular weight excluding hydrogens is 398 g/mol. The lowest BCUT2D eigenvalue weighted by Crippen LogP contribution is -2.30. The molecule has 1 atom stereocenters. The topological polar surface area (TPSA) is 72.5 Å². The van der Waals surface area contributed by atoms with Gasteiger partial charge >= 0.3 is 5.97 Å².